The van der Waals surface area contributed by atoms with Gasteiger partial charge in [-0.3, -0.25) is 9.59 Å². The molecule has 2 heterocycles. The van der Waals surface area contributed by atoms with Crippen LogP contribution in [-0.2, 0) is 11.2 Å². The number of nitrogens with zero attached hydrogens (tertiary/aromatic N) is 4. The normalized spacial score (nSPS) is 10.6. The number of hydrogen-bond acceptors (Lipinski definition) is 4. The smallest absolute Gasteiger partial charge is 0.254 e. The molecule has 0 fully saturated rings. The Morgan fingerprint density at radius 3 is 2.58 bits per heavy atom. The van der Waals surface area contributed by atoms with Gasteiger partial charge in [-0.05, 0) is 38.8 Å². The van der Waals surface area contributed by atoms with Crippen LogP contribution in [0.3, 0.4) is 0 Å². The summed E-state index contributed by atoms with van der Waals surface area (Å²) in [6.07, 6.45) is 5.00. The monoisotopic (exact) mass is 357 g/mol. The van der Waals surface area contributed by atoms with Crippen LogP contribution in [0.5, 0.6) is 0 Å². The second-order valence-electron chi connectivity index (χ2n) is 5.88. The van der Waals surface area contributed by atoms with E-state index in [-0.39, 0.29) is 11.8 Å². The van der Waals surface area contributed by atoms with Crippen LogP contribution in [0.15, 0.2) is 30.6 Å². The van der Waals surface area contributed by atoms with E-state index >= 15 is 0 Å². The van der Waals surface area contributed by atoms with Crippen molar-refractivity contribution in [2.24, 2.45) is 0 Å². The molecule has 0 atom stereocenters. The third-order valence-corrected chi connectivity index (χ3v) is 4.28. The van der Waals surface area contributed by atoms with E-state index < -0.39 is 0 Å². The maximum Gasteiger partial charge on any atom is 0.254 e. The number of carbonyl (C=O) groups excluding carboxylic acids is 2. The number of amides is 2. The molecule has 2 aromatic rings. The van der Waals surface area contributed by atoms with Crippen molar-refractivity contribution in [1.82, 2.24) is 25.0 Å². The summed E-state index contributed by atoms with van der Waals surface area (Å²) in [5.41, 5.74) is 1.37. The van der Waals surface area contributed by atoms with Crippen LogP contribution in [0.2, 0.25) is 0 Å². The maximum atomic E-state index is 12.5. The highest BCUT2D eigenvalue weighted by Crippen LogP contribution is 2.14. The lowest BCUT2D eigenvalue weighted by molar-refractivity contribution is -0.130. The van der Waals surface area contributed by atoms with Gasteiger partial charge in [-0.2, -0.15) is 5.10 Å². The predicted molar refractivity (Wildman–Crippen MR) is 100 cm³/mol. The van der Waals surface area contributed by atoms with Crippen LogP contribution in [-0.4, -0.2) is 51.1 Å². The standard InChI is InChI=1S/C19H27N5O2/c1-4-16-15(14-22-24(16)17-10-7-8-12-20-17)19(26)21-13-9-11-18(25)23(5-2)6-3/h7-8,10,12,14H,4-6,9,11,13H2,1-3H3,(H,21,26). The van der Waals surface area contributed by atoms with E-state index in [0.717, 1.165) is 5.69 Å². The molecular weight excluding hydrogens is 330 g/mol. The van der Waals surface area contributed by atoms with Crippen LogP contribution < -0.4 is 5.32 Å². The molecule has 0 bridgehead atoms. The molecule has 0 radical (unpaired) electrons. The van der Waals surface area contributed by atoms with Crippen LogP contribution in [0.1, 0.15) is 49.7 Å². The summed E-state index contributed by atoms with van der Waals surface area (Å²) in [7, 11) is 0. The van der Waals surface area contributed by atoms with Crippen molar-refractivity contribution in [2.75, 3.05) is 19.6 Å². The quantitative estimate of drug-likeness (QED) is 0.698. The zero-order chi connectivity index (χ0) is 18.9. The van der Waals surface area contributed by atoms with Crippen LogP contribution in [0, 0.1) is 0 Å². The largest absolute Gasteiger partial charge is 0.352 e. The molecule has 2 rings (SSSR count). The van der Waals surface area contributed by atoms with E-state index in [4.69, 9.17) is 0 Å². The lowest BCUT2D eigenvalue weighted by Crippen LogP contribution is -2.31. The van der Waals surface area contributed by atoms with Crippen LogP contribution >= 0.6 is 0 Å². The van der Waals surface area contributed by atoms with E-state index in [0.29, 0.717) is 50.3 Å². The van der Waals surface area contributed by atoms with Gasteiger partial charge in [0.25, 0.3) is 5.91 Å². The van der Waals surface area contributed by atoms with Crippen molar-refractivity contribution in [1.29, 1.82) is 0 Å². The van der Waals surface area contributed by atoms with Crippen molar-refractivity contribution in [3.63, 3.8) is 0 Å². The summed E-state index contributed by atoms with van der Waals surface area (Å²) < 4.78 is 1.69. The molecule has 2 amide bonds. The zero-order valence-corrected chi connectivity index (χ0v) is 15.7. The Bertz CT molecular complexity index is 723. The molecular formula is C19H27N5O2. The Morgan fingerprint density at radius 2 is 1.96 bits per heavy atom. The first kappa shape index (κ1) is 19.6. The van der Waals surface area contributed by atoms with Gasteiger partial charge in [0.05, 0.1) is 17.5 Å². The molecule has 7 heteroatoms. The van der Waals surface area contributed by atoms with Crippen molar-refractivity contribution in [2.45, 2.75) is 40.0 Å². The maximum absolute atomic E-state index is 12.5. The second-order valence-corrected chi connectivity index (χ2v) is 5.88. The molecule has 0 aromatic carbocycles. The fraction of sp³-hybridized carbons (Fsp3) is 0.474. The van der Waals surface area contributed by atoms with Crippen molar-refractivity contribution >= 4 is 11.8 Å². The summed E-state index contributed by atoms with van der Waals surface area (Å²) >= 11 is 0. The van der Waals surface area contributed by atoms with Crippen LogP contribution in [0.4, 0.5) is 0 Å². The zero-order valence-electron chi connectivity index (χ0n) is 15.7. The molecule has 7 nitrogen and oxygen atoms in total. The summed E-state index contributed by atoms with van der Waals surface area (Å²) in [6.45, 7) is 7.81. The number of nitrogens with one attached hydrogen (secondary N) is 1. The van der Waals surface area contributed by atoms with Crippen LogP contribution in [0.25, 0.3) is 5.82 Å². The van der Waals surface area contributed by atoms with Gasteiger partial charge in [-0.1, -0.05) is 13.0 Å². The first-order valence-electron chi connectivity index (χ1n) is 9.16. The highest BCUT2D eigenvalue weighted by atomic mass is 16.2. The number of hydrogen-bond donors (Lipinski definition) is 1. The minimum atomic E-state index is -0.167. The van der Waals surface area contributed by atoms with Gasteiger partial charge in [0.1, 0.15) is 0 Å². The summed E-state index contributed by atoms with van der Waals surface area (Å²) in [5.74, 6) is 0.647. The van der Waals surface area contributed by atoms with E-state index in [9.17, 15) is 9.59 Å². The molecule has 0 saturated heterocycles. The number of rotatable bonds is 9. The Kier molecular flexibility index (Phi) is 7.32. The summed E-state index contributed by atoms with van der Waals surface area (Å²) in [5, 5.41) is 7.20. The molecule has 0 spiro atoms. The predicted octanol–water partition coefficient (Wildman–Crippen LogP) is 2.21. The third kappa shape index (κ3) is 4.68. The number of carbonyl (C=O) groups is 2. The fourth-order valence-electron chi connectivity index (χ4n) is 2.85. The molecule has 0 aliphatic rings. The van der Waals surface area contributed by atoms with E-state index in [1.807, 2.05) is 39.0 Å². The van der Waals surface area contributed by atoms with E-state index in [1.165, 1.54) is 0 Å². The number of pyridine rings is 1. The Labute approximate surface area is 154 Å². The third-order valence-electron chi connectivity index (χ3n) is 4.28. The lowest BCUT2D eigenvalue weighted by atomic mass is 10.2. The Balaban J connectivity index is 1.94. The van der Waals surface area contributed by atoms with Crippen molar-refractivity contribution in [3.05, 3.63) is 41.9 Å². The average Bonchev–Trinajstić information content (AvgIpc) is 3.11. The van der Waals surface area contributed by atoms with E-state index in [1.54, 1.807) is 22.0 Å². The highest BCUT2D eigenvalue weighted by molar-refractivity contribution is 5.95. The average molecular weight is 357 g/mol. The van der Waals surface area contributed by atoms with Gasteiger partial charge in [0.15, 0.2) is 5.82 Å². The summed E-state index contributed by atoms with van der Waals surface area (Å²) in [6, 6.07) is 5.58. The Morgan fingerprint density at radius 1 is 1.19 bits per heavy atom. The summed E-state index contributed by atoms with van der Waals surface area (Å²) in [4.78, 5) is 30.5. The van der Waals surface area contributed by atoms with Crippen molar-refractivity contribution in [3.8, 4) is 5.82 Å². The topological polar surface area (TPSA) is 80.1 Å². The molecule has 1 N–H and O–H groups in total. The minimum absolute atomic E-state index is 0.126. The fourth-order valence-corrected chi connectivity index (χ4v) is 2.85. The molecule has 2 aromatic heterocycles. The van der Waals surface area contributed by atoms with Gasteiger partial charge in [0.2, 0.25) is 5.91 Å². The first-order chi connectivity index (χ1) is 12.6. The minimum Gasteiger partial charge on any atom is -0.352 e. The molecule has 0 saturated carbocycles. The van der Waals surface area contributed by atoms with Gasteiger partial charge >= 0.3 is 0 Å². The highest BCUT2D eigenvalue weighted by Gasteiger charge is 2.17. The van der Waals surface area contributed by atoms with E-state index in [2.05, 4.69) is 15.4 Å². The molecule has 26 heavy (non-hydrogen) atoms. The van der Waals surface area contributed by atoms with Gasteiger partial charge in [0, 0.05) is 32.3 Å². The second kappa shape index (κ2) is 9.70. The SMILES string of the molecule is CCc1c(C(=O)NCCCC(=O)N(CC)CC)cnn1-c1ccccn1. The molecule has 140 valence electrons. The Hall–Kier alpha value is -2.70. The van der Waals surface area contributed by atoms with Gasteiger partial charge in [-0.25, -0.2) is 9.67 Å². The molecule has 0 aliphatic heterocycles. The number of aromatic nitrogens is 3. The molecule has 0 unspecified atom stereocenters. The van der Waals surface area contributed by atoms with Gasteiger partial charge < -0.3 is 10.2 Å². The van der Waals surface area contributed by atoms with Crippen molar-refractivity contribution < 1.29 is 9.59 Å². The molecule has 0 aliphatic carbocycles. The first-order valence-corrected chi connectivity index (χ1v) is 9.16. The lowest BCUT2D eigenvalue weighted by Gasteiger charge is -2.18. The van der Waals surface area contributed by atoms with Gasteiger partial charge in [-0.15, -0.1) is 0 Å².